The second-order valence-corrected chi connectivity index (χ2v) is 17.6. The fourth-order valence-corrected chi connectivity index (χ4v) is 10.6. The van der Waals surface area contributed by atoms with E-state index < -0.39 is 0 Å². The minimum Gasteiger partial charge on any atom is -0.309 e. The third-order valence-electron chi connectivity index (χ3n) is 13.7. The van der Waals surface area contributed by atoms with Crippen LogP contribution in [0.4, 0.5) is 0 Å². The van der Waals surface area contributed by atoms with Gasteiger partial charge in [-0.15, -0.1) is 0 Å². The smallest absolute Gasteiger partial charge is 0.238 e. The van der Waals surface area contributed by atoms with Crippen LogP contribution in [0.2, 0.25) is 0 Å². The van der Waals surface area contributed by atoms with Crippen molar-refractivity contribution in [3.05, 3.63) is 243 Å². The van der Waals surface area contributed by atoms with Crippen molar-refractivity contribution in [3.63, 3.8) is 0 Å². The fraction of sp³-hybridized carbons (Fsp3) is 0. The molecule has 0 spiro atoms. The fourth-order valence-electron chi connectivity index (χ4n) is 10.6. The molecule has 322 valence electrons. The normalized spacial score (nSPS) is 11.8. The summed E-state index contributed by atoms with van der Waals surface area (Å²) in [6.07, 6.45) is 0. The van der Waals surface area contributed by atoms with Crippen LogP contribution in [-0.2, 0) is 0 Å². The molecule has 0 atom stereocenters. The van der Waals surface area contributed by atoms with E-state index in [0.29, 0.717) is 17.6 Å². The van der Waals surface area contributed by atoms with Crippen LogP contribution in [0, 0.1) is 0 Å². The molecule has 0 radical (unpaired) electrons. The first kappa shape index (κ1) is 38.8. The van der Waals surface area contributed by atoms with Crippen molar-refractivity contribution >= 4 is 65.4 Å². The van der Waals surface area contributed by atoms with Crippen LogP contribution in [0.3, 0.4) is 0 Å². The third kappa shape index (κ3) is 6.16. The first-order chi connectivity index (χ1) is 34.2. The lowest BCUT2D eigenvalue weighted by molar-refractivity contribution is 0.953. The quantitative estimate of drug-likeness (QED) is 0.160. The van der Waals surface area contributed by atoms with Gasteiger partial charge in [0, 0.05) is 49.1 Å². The van der Waals surface area contributed by atoms with E-state index in [1.165, 1.54) is 16.3 Å². The monoisotopic (exact) mass is 880 g/mol. The van der Waals surface area contributed by atoms with Crippen molar-refractivity contribution in [1.29, 1.82) is 0 Å². The molecular weight excluding hydrogens is 841 g/mol. The number of hydrogen-bond acceptors (Lipinski definition) is 3. The number of para-hydroxylation sites is 4. The summed E-state index contributed by atoms with van der Waals surface area (Å²) in [5.74, 6) is 1.72. The zero-order chi connectivity index (χ0) is 45.4. The molecule has 0 unspecified atom stereocenters. The van der Waals surface area contributed by atoms with Gasteiger partial charge in [-0.2, -0.15) is 9.97 Å². The molecule has 0 fully saturated rings. The van der Waals surface area contributed by atoms with Gasteiger partial charge < -0.3 is 9.13 Å². The van der Waals surface area contributed by atoms with Gasteiger partial charge in [0.1, 0.15) is 0 Å². The van der Waals surface area contributed by atoms with Crippen molar-refractivity contribution in [3.8, 4) is 62.4 Å². The lowest BCUT2D eigenvalue weighted by Gasteiger charge is -2.16. The van der Waals surface area contributed by atoms with Gasteiger partial charge in [-0.25, -0.2) is 4.98 Å². The van der Waals surface area contributed by atoms with Gasteiger partial charge in [-0.3, -0.25) is 4.57 Å². The molecule has 0 amide bonds. The highest BCUT2D eigenvalue weighted by atomic mass is 15.2. The Hall–Kier alpha value is -9.39. The number of fused-ring (bicyclic) bond motifs is 10. The lowest BCUT2D eigenvalue weighted by Crippen LogP contribution is -2.07. The Bertz CT molecular complexity index is 4230. The number of benzene rings is 10. The van der Waals surface area contributed by atoms with Crippen molar-refractivity contribution < 1.29 is 0 Å². The van der Waals surface area contributed by atoms with E-state index >= 15 is 0 Å². The van der Waals surface area contributed by atoms with Gasteiger partial charge >= 0.3 is 0 Å². The highest BCUT2D eigenvalue weighted by molar-refractivity contribution is 6.27. The molecule has 14 rings (SSSR count). The number of rotatable bonds is 7. The van der Waals surface area contributed by atoms with Crippen LogP contribution in [0.25, 0.3) is 128 Å². The van der Waals surface area contributed by atoms with E-state index in [0.717, 1.165) is 93.8 Å². The second-order valence-electron chi connectivity index (χ2n) is 17.6. The average Bonchev–Trinajstić information content (AvgIpc) is 4.08. The SMILES string of the molecule is c1ccc(-c2ccc(-n3c4ccccc4c4cc(-n5c6ccccc6c6ccccc65)c5c6ccccc6n(-c6nc(-c7ccccc7)nc(-c7cccc(-c8ccccc8)c7)n6)c5c43)cc2)cc1. The van der Waals surface area contributed by atoms with Crippen LogP contribution in [0.15, 0.2) is 243 Å². The minimum atomic E-state index is 0.534. The van der Waals surface area contributed by atoms with E-state index in [9.17, 15) is 0 Å². The topological polar surface area (TPSA) is 53.5 Å². The Labute approximate surface area is 397 Å². The number of aromatic nitrogens is 6. The molecule has 0 aliphatic heterocycles. The summed E-state index contributed by atoms with van der Waals surface area (Å²) in [5.41, 5.74) is 15.0. The summed E-state index contributed by atoms with van der Waals surface area (Å²) in [6.45, 7) is 0. The van der Waals surface area contributed by atoms with Crippen LogP contribution in [-0.4, -0.2) is 28.7 Å². The summed E-state index contributed by atoms with van der Waals surface area (Å²) in [6, 6.07) is 86.3. The van der Waals surface area contributed by atoms with Gasteiger partial charge in [0.2, 0.25) is 5.95 Å². The highest BCUT2D eigenvalue weighted by Gasteiger charge is 2.27. The van der Waals surface area contributed by atoms with Crippen LogP contribution >= 0.6 is 0 Å². The maximum atomic E-state index is 5.53. The molecule has 0 saturated carbocycles. The van der Waals surface area contributed by atoms with E-state index in [1.807, 2.05) is 24.3 Å². The molecule has 0 bridgehead atoms. The van der Waals surface area contributed by atoms with Crippen molar-refractivity contribution in [2.45, 2.75) is 0 Å². The first-order valence-corrected chi connectivity index (χ1v) is 23.4. The molecule has 10 aromatic carbocycles. The Balaban J connectivity index is 1.15. The van der Waals surface area contributed by atoms with Crippen LogP contribution in [0.5, 0.6) is 0 Å². The molecule has 6 nitrogen and oxygen atoms in total. The summed E-state index contributed by atoms with van der Waals surface area (Å²) >= 11 is 0. The zero-order valence-electron chi connectivity index (χ0n) is 37.3. The molecule has 0 aliphatic rings. The lowest BCUT2D eigenvalue weighted by atomic mass is 10.0. The largest absolute Gasteiger partial charge is 0.309 e. The molecule has 4 aromatic heterocycles. The van der Waals surface area contributed by atoms with Crippen LogP contribution < -0.4 is 0 Å². The van der Waals surface area contributed by atoms with Crippen LogP contribution in [0.1, 0.15) is 0 Å². The van der Waals surface area contributed by atoms with Gasteiger partial charge in [-0.1, -0.05) is 194 Å². The van der Waals surface area contributed by atoms with Gasteiger partial charge in [-0.05, 0) is 70.8 Å². The maximum absolute atomic E-state index is 5.53. The number of nitrogens with zero attached hydrogens (tertiary/aromatic N) is 6. The predicted molar refractivity (Wildman–Crippen MR) is 285 cm³/mol. The Morgan fingerprint density at radius 1 is 0.261 bits per heavy atom. The van der Waals surface area contributed by atoms with Crippen molar-refractivity contribution in [2.24, 2.45) is 0 Å². The summed E-state index contributed by atoms with van der Waals surface area (Å²) in [5, 5.41) is 6.89. The van der Waals surface area contributed by atoms with Crippen molar-refractivity contribution in [2.75, 3.05) is 0 Å². The van der Waals surface area contributed by atoms with Crippen molar-refractivity contribution in [1.82, 2.24) is 28.7 Å². The molecule has 14 aromatic rings. The third-order valence-corrected chi connectivity index (χ3v) is 13.7. The second kappa shape index (κ2) is 15.6. The molecule has 69 heavy (non-hydrogen) atoms. The van der Waals surface area contributed by atoms with Gasteiger partial charge in [0.05, 0.1) is 38.8 Å². The van der Waals surface area contributed by atoms with E-state index in [1.54, 1.807) is 0 Å². The maximum Gasteiger partial charge on any atom is 0.238 e. The minimum absolute atomic E-state index is 0.534. The number of hydrogen-bond donors (Lipinski definition) is 0. The standard InChI is InChI=1S/C63H40N6/c1-4-19-41(20-5-1)43-35-37-47(38-36-43)67-53-31-14-12-29-50(53)52-40-57(68-54-32-15-10-27-48(54)49-28-11-16-33-55(49)68)58-51-30-13-17-34-56(51)69(60(58)59(52)67)63-65-61(44-23-8-3-9-24-44)64-62(66-63)46-26-18-25-45(39-46)42-21-6-2-7-22-42/h1-40H. The molecular formula is C63H40N6. The van der Waals surface area contributed by atoms with E-state index in [2.05, 4.69) is 232 Å². The molecule has 0 N–H and O–H groups in total. The average molecular weight is 881 g/mol. The molecule has 4 heterocycles. The van der Waals surface area contributed by atoms with Gasteiger partial charge in [0.25, 0.3) is 0 Å². The van der Waals surface area contributed by atoms with E-state index in [4.69, 9.17) is 15.0 Å². The zero-order valence-corrected chi connectivity index (χ0v) is 37.3. The molecule has 0 saturated heterocycles. The summed E-state index contributed by atoms with van der Waals surface area (Å²) < 4.78 is 7.21. The predicted octanol–water partition coefficient (Wildman–Crippen LogP) is 15.8. The van der Waals surface area contributed by atoms with E-state index in [-0.39, 0.29) is 0 Å². The Morgan fingerprint density at radius 2 is 0.696 bits per heavy atom. The van der Waals surface area contributed by atoms with Gasteiger partial charge in [0.15, 0.2) is 11.6 Å². The summed E-state index contributed by atoms with van der Waals surface area (Å²) in [4.78, 5) is 16.3. The molecule has 0 aliphatic carbocycles. The summed E-state index contributed by atoms with van der Waals surface area (Å²) in [7, 11) is 0. The Kier molecular flexibility index (Phi) is 8.79. The first-order valence-electron chi connectivity index (χ1n) is 23.4. The highest BCUT2D eigenvalue weighted by Crippen LogP contribution is 2.46. The molecule has 6 heteroatoms. The Morgan fingerprint density at radius 3 is 1.30 bits per heavy atom.